The highest BCUT2D eigenvalue weighted by Crippen LogP contribution is 2.34. The van der Waals surface area contributed by atoms with Crippen molar-refractivity contribution in [2.75, 3.05) is 26.7 Å². The van der Waals surface area contributed by atoms with E-state index in [9.17, 15) is 14.4 Å². The first-order valence-electron chi connectivity index (χ1n) is 13.6. The molecule has 39 heavy (non-hydrogen) atoms. The van der Waals surface area contributed by atoms with Crippen LogP contribution in [0.2, 0.25) is 0 Å². The molecule has 0 aliphatic carbocycles. The van der Waals surface area contributed by atoms with Crippen LogP contribution in [0.25, 0.3) is 0 Å². The molecule has 0 radical (unpaired) electrons. The van der Waals surface area contributed by atoms with Crippen molar-refractivity contribution in [3.63, 3.8) is 0 Å². The van der Waals surface area contributed by atoms with Crippen LogP contribution in [0.4, 0.5) is 4.79 Å². The number of hydrogen-bond acceptors (Lipinski definition) is 6. The zero-order valence-electron chi connectivity index (χ0n) is 24.1. The van der Waals surface area contributed by atoms with Gasteiger partial charge in [0.25, 0.3) is 5.91 Å². The molecule has 1 unspecified atom stereocenters. The van der Waals surface area contributed by atoms with Crippen molar-refractivity contribution in [2.45, 2.75) is 71.7 Å². The molecule has 3 amide bonds. The molecule has 0 saturated heterocycles. The molecule has 2 aromatic rings. The molecule has 0 fully saturated rings. The van der Waals surface area contributed by atoms with Gasteiger partial charge < -0.3 is 20.1 Å². The van der Waals surface area contributed by atoms with E-state index in [-0.39, 0.29) is 12.5 Å². The third-order valence-electron chi connectivity index (χ3n) is 6.92. The first-order valence-corrected chi connectivity index (χ1v) is 13.6. The van der Waals surface area contributed by atoms with Gasteiger partial charge in [0.2, 0.25) is 5.91 Å². The Morgan fingerprint density at radius 1 is 1.03 bits per heavy atom. The summed E-state index contributed by atoms with van der Waals surface area (Å²) in [5.74, 6) is 0.638. The van der Waals surface area contributed by atoms with E-state index < -0.39 is 23.6 Å². The maximum atomic E-state index is 13.6. The minimum atomic E-state index is -1.39. The van der Waals surface area contributed by atoms with E-state index in [1.807, 2.05) is 42.5 Å². The molecule has 1 aliphatic rings. The Kier molecular flexibility index (Phi) is 9.97. The number of para-hydroxylation sites is 1. The second kappa shape index (κ2) is 13.0. The van der Waals surface area contributed by atoms with Crippen molar-refractivity contribution < 1.29 is 23.9 Å². The summed E-state index contributed by atoms with van der Waals surface area (Å²) >= 11 is 0. The standard InChI is InChI=1S/C30H42N4O5/c1-20(2)33(21(3)4)18-16-32-27(35)26-25-14-13-24(38-23-11-9-8-10-12-23)19-22(25)15-17-34(26)29(37)39-30(5,6)28(36)31-7/h8-14,19-21,26H,15-18H2,1-7H3,(H,31,36)(H,32,35). The summed E-state index contributed by atoms with van der Waals surface area (Å²) in [5.41, 5.74) is 0.234. The highest BCUT2D eigenvalue weighted by Gasteiger charge is 2.40. The van der Waals surface area contributed by atoms with Gasteiger partial charge in [-0.25, -0.2) is 4.79 Å². The molecule has 2 aromatic carbocycles. The number of hydrogen-bond donors (Lipinski definition) is 2. The Hall–Kier alpha value is -3.59. The third-order valence-corrected chi connectivity index (χ3v) is 6.92. The van der Waals surface area contributed by atoms with Crippen LogP contribution in [0.5, 0.6) is 11.5 Å². The molecule has 1 atom stereocenters. The first kappa shape index (κ1) is 30.0. The highest BCUT2D eigenvalue weighted by molar-refractivity contribution is 5.90. The van der Waals surface area contributed by atoms with E-state index in [1.54, 1.807) is 6.07 Å². The van der Waals surface area contributed by atoms with Crippen LogP contribution in [-0.4, -0.2) is 72.1 Å². The summed E-state index contributed by atoms with van der Waals surface area (Å²) in [7, 11) is 1.48. The van der Waals surface area contributed by atoms with Crippen molar-refractivity contribution in [3.8, 4) is 11.5 Å². The van der Waals surface area contributed by atoms with E-state index in [0.717, 1.165) is 5.56 Å². The number of likely N-dealkylation sites (N-methyl/N-ethyl adjacent to an activating group) is 1. The van der Waals surface area contributed by atoms with Crippen molar-refractivity contribution >= 4 is 17.9 Å². The first-order chi connectivity index (χ1) is 18.4. The average molecular weight is 539 g/mol. The van der Waals surface area contributed by atoms with E-state index in [0.29, 0.717) is 48.7 Å². The number of nitrogens with one attached hydrogen (secondary N) is 2. The summed E-state index contributed by atoms with van der Waals surface area (Å²) in [5, 5.41) is 5.54. The van der Waals surface area contributed by atoms with E-state index in [4.69, 9.17) is 9.47 Å². The van der Waals surface area contributed by atoms with Gasteiger partial charge >= 0.3 is 6.09 Å². The largest absolute Gasteiger partial charge is 0.457 e. The van der Waals surface area contributed by atoms with Crippen molar-refractivity contribution in [3.05, 3.63) is 59.7 Å². The van der Waals surface area contributed by atoms with Crippen molar-refractivity contribution in [1.29, 1.82) is 0 Å². The van der Waals surface area contributed by atoms with E-state index in [1.165, 1.54) is 25.8 Å². The molecular weight excluding hydrogens is 496 g/mol. The third kappa shape index (κ3) is 7.50. The molecule has 0 aromatic heterocycles. The molecule has 2 N–H and O–H groups in total. The van der Waals surface area contributed by atoms with Crippen LogP contribution < -0.4 is 15.4 Å². The lowest BCUT2D eigenvalue weighted by atomic mass is 9.92. The molecule has 0 spiro atoms. The lowest BCUT2D eigenvalue weighted by molar-refractivity contribution is -0.138. The predicted molar refractivity (Wildman–Crippen MR) is 151 cm³/mol. The second-order valence-corrected chi connectivity index (χ2v) is 10.8. The Morgan fingerprint density at radius 3 is 2.31 bits per heavy atom. The molecule has 9 nitrogen and oxygen atoms in total. The monoisotopic (exact) mass is 538 g/mol. The van der Waals surface area contributed by atoms with Crippen LogP contribution in [0.15, 0.2) is 48.5 Å². The number of amides is 3. The maximum absolute atomic E-state index is 13.6. The van der Waals surface area contributed by atoms with Gasteiger partial charge in [-0.05, 0) is 83.4 Å². The van der Waals surface area contributed by atoms with Crippen LogP contribution in [0.3, 0.4) is 0 Å². The number of fused-ring (bicyclic) bond motifs is 1. The normalized spacial score (nSPS) is 15.2. The zero-order valence-corrected chi connectivity index (χ0v) is 24.1. The van der Waals surface area contributed by atoms with Gasteiger partial charge in [-0.1, -0.05) is 24.3 Å². The lowest BCUT2D eigenvalue weighted by Gasteiger charge is -2.37. The Morgan fingerprint density at radius 2 is 1.69 bits per heavy atom. The molecule has 1 aliphatic heterocycles. The number of ether oxygens (including phenoxy) is 2. The number of nitrogens with zero attached hydrogens (tertiary/aromatic N) is 2. The molecule has 0 bridgehead atoms. The van der Waals surface area contributed by atoms with Gasteiger partial charge in [0.05, 0.1) is 0 Å². The zero-order chi connectivity index (χ0) is 28.7. The fraction of sp³-hybridized carbons (Fsp3) is 0.500. The van der Waals surface area contributed by atoms with Gasteiger partial charge in [0, 0.05) is 38.8 Å². The number of rotatable bonds is 10. The Labute approximate surface area is 231 Å². The van der Waals surface area contributed by atoms with Crippen molar-refractivity contribution in [2.24, 2.45) is 0 Å². The Balaban J connectivity index is 1.86. The average Bonchev–Trinajstić information content (AvgIpc) is 2.89. The smallest absolute Gasteiger partial charge is 0.411 e. The van der Waals surface area contributed by atoms with Crippen molar-refractivity contribution in [1.82, 2.24) is 20.4 Å². The molecule has 1 heterocycles. The van der Waals surface area contributed by atoms with Gasteiger partial charge in [0.15, 0.2) is 5.60 Å². The van der Waals surface area contributed by atoms with Gasteiger partial charge in [-0.15, -0.1) is 0 Å². The maximum Gasteiger partial charge on any atom is 0.411 e. The summed E-state index contributed by atoms with van der Waals surface area (Å²) in [6.07, 6.45) is -0.209. The summed E-state index contributed by atoms with van der Waals surface area (Å²) in [4.78, 5) is 42.9. The quantitative estimate of drug-likeness (QED) is 0.469. The molecule has 212 valence electrons. The molecule has 9 heteroatoms. The van der Waals surface area contributed by atoms with Crippen LogP contribution in [0.1, 0.15) is 58.7 Å². The number of carbonyl (C=O) groups excluding carboxylic acids is 3. The van der Waals surface area contributed by atoms with E-state index in [2.05, 4.69) is 43.2 Å². The SMILES string of the molecule is CNC(=O)C(C)(C)OC(=O)N1CCc2cc(Oc3ccccc3)ccc2C1C(=O)NCCN(C(C)C)C(C)C. The predicted octanol–water partition coefficient (Wildman–Crippen LogP) is 4.27. The fourth-order valence-corrected chi connectivity index (χ4v) is 4.91. The summed E-state index contributed by atoms with van der Waals surface area (Å²) < 4.78 is 11.6. The van der Waals surface area contributed by atoms with Crippen LogP contribution >= 0.6 is 0 Å². The second-order valence-electron chi connectivity index (χ2n) is 10.8. The lowest BCUT2D eigenvalue weighted by Crippen LogP contribution is -2.52. The molecule has 3 rings (SSSR count). The number of carbonyl (C=O) groups is 3. The minimum Gasteiger partial charge on any atom is -0.457 e. The molecular formula is C30H42N4O5. The number of benzene rings is 2. The van der Waals surface area contributed by atoms with Crippen LogP contribution in [0, 0.1) is 0 Å². The van der Waals surface area contributed by atoms with Gasteiger partial charge in [-0.3, -0.25) is 19.4 Å². The summed E-state index contributed by atoms with van der Waals surface area (Å²) in [6.45, 7) is 12.9. The van der Waals surface area contributed by atoms with Gasteiger partial charge in [-0.2, -0.15) is 0 Å². The fourth-order valence-electron chi connectivity index (χ4n) is 4.91. The molecule has 0 saturated carbocycles. The topological polar surface area (TPSA) is 100 Å². The summed E-state index contributed by atoms with van der Waals surface area (Å²) in [6, 6.07) is 14.8. The van der Waals surface area contributed by atoms with E-state index >= 15 is 0 Å². The minimum absolute atomic E-state index is 0.257. The van der Waals surface area contributed by atoms with Crippen LogP contribution in [-0.2, 0) is 20.7 Å². The van der Waals surface area contributed by atoms with Gasteiger partial charge in [0.1, 0.15) is 17.5 Å². The Bertz CT molecular complexity index is 1140. The highest BCUT2D eigenvalue weighted by atomic mass is 16.6.